The van der Waals surface area contributed by atoms with Gasteiger partial charge in [-0.05, 0) is 34.6 Å². The summed E-state index contributed by atoms with van der Waals surface area (Å²) in [6.07, 6.45) is 2.09. The second kappa shape index (κ2) is 6.31. The molecule has 0 aliphatic rings. The molecule has 1 aromatic carbocycles. The summed E-state index contributed by atoms with van der Waals surface area (Å²) in [5, 5.41) is 0. The highest BCUT2D eigenvalue weighted by molar-refractivity contribution is 9.11. The van der Waals surface area contributed by atoms with Gasteiger partial charge in [-0.25, -0.2) is 0 Å². The van der Waals surface area contributed by atoms with Gasteiger partial charge < -0.3 is 0 Å². The standard InChI is InChI=1S/C12H15BrS/c1-10(13)9-12(7-8-14)11-5-3-2-4-6-11/h2-6,12,14H,1,7-9H2. The van der Waals surface area contributed by atoms with Crippen LogP contribution in [-0.4, -0.2) is 5.75 Å². The molecule has 1 aromatic rings. The van der Waals surface area contributed by atoms with Crippen molar-refractivity contribution >= 4 is 28.6 Å². The van der Waals surface area contributed by atoms with E-state index in [0.717, 1.165) is 23.1 Å². The van der Waals surface area contributed by atoms with Crippen LogP contribution in [0.3, 0.4) is 0 Å². The summed E-state index contributed by atoms with van der Waals surface area (Å²) in [5.74, 6) is 1.46. The number of thiol groups is 1. The maximum Gasteiger partial charge on any atom is -0.00920 e. The fraction of sp³-hybridized carbons (Fsp3) is 0.333. The molecule has 0 aliphatic carbocycles. The van der Waals surface area contributed by atoms with E-state index in [-0.39, 0.29) is 0 Å². The van der Waals surface area contributed by atoms with E-state index in [9.17, 15) is 0 Å². The first-order valence-electron chi connectivity index (χ1n) is 4.73. The molecular formula is C12H15BrS. The van der Waals surface area contributed by atoms with Crippen molar-refractivity contribution in [1.82, 2.24) is 0 Å². The number of hydrogen-bond acceptors (Lipinski definition) is 1. The van der Waals surface area contributed by atoms with Crippen molar-refractivity contribution in [2.24, 2.45) is 0 Å². The smallest absolute Gasteiger partial charge is 0.00920 e. The molecule has 0 N–H and O–H groups in total. The number of allylic oxidation sites excluding steroid dienone is 1. The van der Waals surface area contributed by atoms with Crippen LogP contribution >= 0.6 is 28.6 Å². The van der Waals surface area contributed by atoms with E-state index in [4.69, 9.17) is 0 Å². The molecule has 1 unspecified atom stereocenters. The molecule has 0 bridgehead atoms. The van der Waals surface area contributed by atoms with E-state index in [1.165, 1.54) is 5.56 Å². The van der Waals surface area contributed by atoms with Gasteiger partial charge in [0.2, 0.25) is 0 Å². The zero-order valence-electron chi connectivity index (χ0n) is 8.12. The Balaban J connectivity index is 2.72. The van der Waals surface area contributed by atoms with Crippen molar-refractivity contribution in [3.05, 3.63) is 47.0 Å². The zero-order chi connectivity index (χ0) is 10.4. The van der Waals surface area contributed by atoms with E-state index in [1.807, 2.05) is 6.07 Å². The molecule has 0 aliphatic heterocycles. The van der Waals surface area contributed by atoms with Crippen LogP contribution in [0.25, 0.3) is 0 Å². The molecule has 0 saturated heterocycles. The molecule has 0 amide bonds. The van der Waals surface area contributed by atoms with E-state index >= 15 is 0 Å². The molecule has 2 heteroatoms. The fourth-order valence-electron chi connectivity index (χ4n) is 1.53. The van der Waals surface area contributed by atoms with Gasteiger partial charge >= 0.3 is 0 Å². The molecule has 0 aromatic heterocycles. The minimum atomic E-state index is 0.542. The summed E-state index contributed by atoms with van der Waals surface area (Å²) in [6.45, 7) is 3.89. The van der Waals surface area contributed by atoms with Crippen LogP contribution in [0.15, 0.2) is 41.4 Å². The minimum absolute atomic E-state index is 0.542. The summed E-state index contributed by atoms with van der Waals surface area (Å²) in [7, 11) is 0. The lowest BCUT2D eigenvalue weighted by atomic mass is 9.93. The summed E-state index contributed by atoms with van der Waals surface area (Å²) < 4.78 is 1.06. The molecule has 0 radical (unpaired) electrons. The Morgan fingerprint density at radius 2 is 2.00 bits per heavy atom. The predicted octanol–water partition coefficient (Wildman–Crippen LogP) is 4.39. The van der Waals surface area contributed by atoms with Gasteiger partial charge in [-0.15, -0.1) is 0 Å². The molecule has 0 saturated carbocycles. The molecule has 1 atom stereocenters. The Morgan fingerprint density at radius 3 is 2.50 bits per heavy atom. The normalized spacial score (nSPS) is 12.4. The van der Waals surface area contributed by atoms with Gasteiger partial charge in [-0.2, -0.15) is 12.6 Å². The van der Waals surface area contributed by atoms with Gasteiger partial charge in [0.1, 0.15) is 0 Å². The topological polar surface area (TPSA) is 0 Å². The Bertz CT molecular complexity index is 282. The zero-order valence-corrected chi connectivity index (χ0v) is 10.6. The second-order valence-electron chi connectivity index (χ2n) is 3.34. The third-order valence-corrected chi connectivity index (χ3v) is 2.80. The molecule has 76 valence electrons. The van der Waals surface area contributed by atoms with Gasteiger partial charge in [0.05, 0.1) is 0 Å². The molecule has 14 heavy (non-hydrogen) atoms. The second-order valence-corrected chi connectivity index (χ2v) is 4.91. The summed E-state index contributed by atoms with van der Waals surface area (Å²) in [5.41, 5.74) is 1.38. The Labute approximate surface area is 100.0 Å². The number of halogens is 1. The maximum atomic E-state index is 4.29. The summed E-state index contributed by atoms with van der Waals surface area (Å²) >= 11 is 7.71. The van der Waals surface area contributed by atoms with E-state index in [2.05, 4.69) is 59.4 Å². The fourth-order valence-corrected chi connectivity index (χ4v) is 2.24. The molecule has 1 rings (SSSR count). The van der Waals surface area contributed by atoms with Crippen molar-refractivity contribution in [2.45, 2.75) is 18.8 Å². The van der Waals surface area contributed by atoms with Gasteiger partial charge in [-0.3, -0.25) is 0 Å². The minimum Gasteiger partial charge on any atom is -0.179 e. The summed E-state index contributed by atoms with van der Waals surface area (Å²) in [4.78, 5) is 0. The van der Waals surface area contributed by atoms with Gasteiger partial charge in [0, 0.05) is 0 Å². The van der Waals surface area contributed by atoms with Crippen LogP contribution in [0.5, 0.6) is 0 Å². The van der Waals surface area contributed by atoms with Crippen LogP contribution < -0.4 is 0 Å². The van der Waals surface area contributed by atoms with Crippen LogP contribution in [0.4, 0.5) is 0 Å². The van der Waals surface area contributed by atoms with Gasteiger partial charge in [-0.1, -0.05) is 52.8 Å². The number of rotatable bonds is 5. The van der Waals surface area contributed by atoms with E-state index in [1.54, 1.807) is 0 Å². The average molecular weight is 271 g/mol. The van der Waals surface area contributed by atoms with Crippen molar-refractivity contribution in [2.75, 3.05) is 5.75 Å². The quantitative estimate of drug-likeness (QED) is 0.754. The predicted molar refractivity (Wildman–Crippen MR) is 70.3 cm³/mol. The Morgan fingerprint density at radius 1 is 1.36 bits per heavy atom. The van der Waals surface area contributed by atoms with Crippen LogP contribution in [0, 0.1) is 0 Å². The lowest BCUT2D eigenvalue weighted by molar-refractivity contribution is 0.679. The van der Waals surface area contributed by atoms with Gasteiger partial charge in [0.15, 0.2) is 0 Å². The maximum absolute atomic E-state index is 4.29. The van der Waals surface area contributed by atoms with Crippen LogP contribution in [0.2, 0.25) is 0 Å². The highest BCUT2D eigenvalue weighted by atomic mass is 79.9. The highest BCUT2D eigenvalue weighted by Gasteiger charge is 2.10. The average Bonchev–Trinajstić information content (AvgIpc) is 2.18. The van der Waals surface area contributed by atoms with Crippen LogP contribution in [0.1, 0.15) is 24.3 Å². The van der Waals surface area contributed by atoms with E-state index in [0.29, 0.717) is 5.92 Å². The Hall–Kier alpha value is -0.210. The SMILES string of the molecule is C=C(Br)CC(CCS)c1ccccc1. The first-order chi connectivity index (χ1) is 6.74. The van der Waals surface area contributed by atoms with Crippen molar-refractivity contribution in [1.29, 1.82) is 0 Å². The first kappa shape index (κ1) is 11.9. The first-order valence-corrected chi connectivity index (χ1v) is 6.15. The largest absolute Gasteiger partial charge is 0.179 e. The van der Waals surface area contributed by atoms with Gasteiger partial charge in [0.25, 0.3) is 0 Å². The monoisotopic (exact) mass is 270 g/mol. The molecule has 0 fully saturated rings. The van der Waals surface area contributed by atoms with Crippen molar-refractivity contribution < 1.29 is 0 Å². The molecule has 0 heterocycles. The highest BCUT2D eigenvalue weighted by Crippen LogP contribution is 2.28. The number of hydrogen-bond donors (Lipinski definition) is 1. The summed E-state index contributed by atoms with van der Waals surface area (Å²) in [6, 6.07) is 10.5. The third-order valence-electron chi connectivity index (χ3n) is 2.22. The molecule has 0 nitrogen and oxygen atoms in total. The van der Waals surface area contributed by atoms with Crippen molar-refractivity contribution in [3.63, 3.8) is 0 Å². The van der Waals surface area contributed by atoms with Crippen LogP contribution in [-0.2, 0) is 0 Å². The van der Waals surface area contributed by atoms with E-state index < -0.39 is 0 Å². The number of benzene rings is 1. The lowest BCUT2D eigenvalue weighted by Crippen LogP contribution is -1.99. The lowest BCUT2D eigenvalue weighted by Gasteiger charge is -2.15. The third kappa shape index (κ3) is 3.89. The Kier molecular flexibility index (Phi) is 5.34. The van der Waals surface area contributed by atoms with Crippen molar-refractivity contribution in [3.8, 4) is 0 Å². The molecule has 0 spiro atoms. The molecular weight excluding hydrogens is 256 g/mol.